The number of halogens is 2. The first-order valence-electron chi connectivity index (χ1n) is 15.8. The highest BCUT2D eigenvalue weighted by Gasteiger charge is 2.35. The molecule has 2 atom stereocenters. The molecular formula is C37H41Cl2N3O5S. The van der Waals surface area contributed by atoms with E-state index in [2.05, 4.69) is 5.32 Å². The molecule has 4 aromatic rings. The van der Waals surface area contributed by atoms with Crippen LogP contribution in [0.25, 0.3) is 0 Å². The Labute approximate surface area is 293 Å². The Morgan fingerprint density at radius 3 is 2.12 bits per heavy atom. The lowest BCUT2D eigenvalue weighted by molar-refractivity contribution is -0.140. The van der Waals surface area contributed by atoms with E-state index >= 15 is 0 Å². The zero-order valence-electron chi connectivity index (χ0n) is 27.5. The molecule has 0 aliphatic carbocycles. The Bertz CT molecular complexity index is 1790. The van der Waals surface area contributed by atoms with E-state index in [1.54, 1.807) is 54.6 Å². The number of benzene rings is 4. The summed E-state index contributed by atoms with van der Waals surface area (Å²) >= 11 is 12.6. The molecule has 0 aliphatic heterocycles. The van der Waals surface area contributed by atoms with E-state index < -0.39 is 28.5 Å². The van der Waals surface area contributed by atoms with Gasteiger partial charge in [-0.25, -0.2) is 8.42 Å². The van der Waals surface area contributed by atoms with Crippen molar-refractivity contribution in [2.45, 2.75) is 64.1 Å². The van der Waals surface area contributed by atoms with E-state index in [1.165, 1.54) is 17.0 Å². The zero-order chi connectivity index (χ0) is 34.8. The Hall–Kier alpha value is -4.05. The number of rotatable bonds is 15. The molecule has 0 aliphatic rings. The third-order valence-corrected chi connectivity index (χ3v) is 10.5. The normalized spacial score (nSPS) is 12.5. The number of amides is 2. The van der Waals surface area contributed by atoms with E-state index in [-0.39, 0.29) is 35.5 Å². The molecule has 0 fully saturated rings. The number of aryl methyl sites for hydroxylation is 1. The van der Waals surface area contributed by atoms with Crippen molar-refractivity contribution in [3.05, 3.63) is 124 Å². The van der Waals surface area contributed by atoms with Crippen LogP contribution in [-0.4, -0.2) is 50.4 Å². The molecule has 0 heterocycles. The summed E-state index contributed by atoms with van der Waals surface area (Å²) in [5.41, 5.74) is 2.62. The topological polar surface area (TPSA) is 96.0 Å². The van der Waals surface area contributed by atoms with Gasteiger partial charge in [-0.2, -0.15) is 0 Å². The van der Waals surface area contributed by atoms with Gasteiger partial charge in [0.15, 0.2) is 0 Å². The first kappa shape index (κ1) is 36.8. The smallest absolute Gasteiger partial charge is 0.264 e. The Morgan fingerprint density at radius 1 is 0.854 bits per heavy atom. The number of anilines is 1. The quantitative estimate of drug-likeness (QED) is 0.138. The van der Waals surface area contributed by atoms with E-state index in [4.69, 9.17) is 27.9 Å². The second kappa shape index (κ2) is 16.9. The van der Waals surface area contributed by atoms with Gasteiger partial charge in [-0.05, 0) is 86.8 Å². The van der Waals surface area contributed by atoms with Crippen LogP contribution in [0.15, 0.2) is 102 Å². The number of ether oxygens (including phenoxy) is 1. The van der Waals surface area contributed by atoms with Crippen molar-refractivity contribution in [2.24, 2.45) is 0 Å². The summed E-state index contributed by atoms with van der Waals surface area (Å²) in [5.74, 6) is -0.368. The van der Waals surface area contributed by atoms with Crippen molar-refractivity contribution in [2.75, 3.05) is 17.5 Å². The molecule has 1 N–H and O–H groups in total. The molecule has 0 aromatic heterocycles. The lowest BCUT2D eigenvalue weighted by Crippen LogP contribution is -2.54. The van der Waals surface area contributed by atoms with Gasteiger partial charge in [-0.1, -0.05) is 84.2 Å². The maximum atomic E-state index is 14.6. The maximum Gasteiger partial charge on any atom is 0.264 e. The second-order valence-electron chi connectivity index (χ2n) is 11.5. The molecule has 254 valence electrons. The molecule has 2 amide bonds. The first-order valence-corrected chi connectivity index (χ1v) is 18.0. The van der Waals surface area contributed by atoms with Gasteiger partial charge in [0.25, 0.3) is 10.0 Å². The van der Waals surface area contributed by atoms with Crippen LogP contribution < -0.4 is 14.4 Å². The van der Waals surface area contributed by atoms with Gasteiger partial charge in [0.1, 0.15) is 18.3 Å². The highest BCUT2D eigenvalue weighted by Crippen LogP contribution is 2.28. The van der Waals surface area contributed by atoms with Crippen LogP contribution in [0.4, 0.5) is 5.69 Å². The SMILES string of the molecule is CCOc1ccc(N(CC(=O)N(Cc2ccc(Cl)c(Cl)c2)[C@@H](Cc2ccccc2)C(=O)N[C@@H](C)CC)S(=O)(=O)c2ccc(C)cc2)cc1. The van der Waals surface area contributed by atoms with Crippen molar-refractivity contribution >= 4 is 50.7 Å². The van der Waals surface area contributed by atoms with Gasteiger partial charge >= 0.3 is 0 Å². The fraction of sp³-hybridized carbons (Fsp3) is 0.297. The highest BCUT2D eigenvalue weighted by atomic mass is 35.5. The third-order valence-electron chi connectivity index (χ3n) is 7.93. The molecule has 4 rings (SSSR count). The van der Waals surface area contributed by atoms with Crippen molar-refractivity contribution < 1.29 is 22.7 Å². The van der Waals surface area contributed by atoms with Crippen molar-refractivity contribution in [3.63, 3.8) is 0 Å². The Balaban J connectivity index is 1.82. The predicted molar refractivity (Wildman–Crippen MR) is 192 cm³/mol. The molecule has 0 spiro atoms. The summed E-state index contributed by atoms with van der Waals surface area (Å²) in [7, 11) is -4.23. The lowest BCUT2D eigenvalue weighted by atomic mass is 10.0. The summed E-state index contributed by atoms with van der Waals surface area (Å²) in [6, 6.07) is 26.2. The van der Waals surface area contributed by atoms with Crippen LogP contribution in [0.3, 0.4) is 0 Å². The molecule has 0 bridgehead atoms. The largest absolute Gasteiger partial charge is 0.494 e. The number of carbonyl (C=O) groups is 2. The number of hydrogen-bond donors (Lipinski definition) is 1. The van der Waals surface area contributed by atoms with E-state index in [9.17, 15) is 18.0 Å². The minimum atomic E-state index is -4.23. The summed E-state index contributed by atoms with van der Waals surface area (Å²) in [5, 5.41) is 3.67. The average Bonchev–Trinajstić information content (AvgIpc) is 3.07. The van der Waals surface area contributed by atoms with Gasteiger partial charge in [0.2, 0.25) is 11.8 Å². The van der Waals surface area contributed by atoms with E-state index in [1.807, 2.05) is 58.0 Å². The van der Waals surface area contributed by atoms with Gasteiger partial charge in [-0.15, -0.1) is 0 Å². The fourth-order valence-corrected chi connectivity index (χ4v) is 6.81. The van der Waals surface area contributed by atoms with Crippen LogP contribution in [0.5, 0.6) is 5.75 Å². The second-order valence-corrected chi connectivity index (χ2v) is 14.2. The maximum absolute atomic E-state index is 14.6. The molecule has 11 heteroatoms. The van der Waals surface area contributed by atoms with Gasteiger partial charge in [0.05, 0.1) is 27.2 Å². The molecule has 0 unspecified atom stereocenters. The minimum Gasteiger partial charge on any atom is -0.494 e. The van der Waals surface area contributed by atoms with Crippen LogP contribution >= 0.6 is 23.2 Å². The Morgan fingerprint density at radius 2 is 1.52 bits per heavy atom. The number of nitrogens with zero attached hydrogens (tertiary/aromatic N) is 2. The molecule has 4 aromatic carbocycles. The molecule has 0 radical (unpaired) electrons. The minimum absolute atomic E-state index is 0.0250. The van der Waals surface area contributed by atoms with Crippen LogP contribution in [0, 0.1) is 6.92 Å². The predicted octanol–water partition coefficient (Wildman–Crippen LogP) is 7.45. The van der Waals surface area contributed by atoms with Crippen LogP contribution in [0.2, 0.25) is 10.0 Å². The van der Waals surface area contributed by atoms with Crippen LogP contribution in [0.1, 0.15) is 43.9 Å². The third kappa shape index (κ3) is 9.52. The van der Waals surface area contributed by atoms with Crippen molar-refractivity contribution in [3.8, 4) is 5.75 Å². The molecule has 0 saturated heterocycles. The highest BCUT2D eigenvalue weighted by molar-refractivity contribution is 7.92. The average molecular weight is 711 g/mol. The molecular weight excluding hydrogens is 669 g/mol. The zero-order valence-corrected chi connectivity index (χ0v) is 29.9. The fourth-order valence-electron chi connectivity index (χ4n) is 5.07. The molecule has 0 saturated carbocycles. The number of carbonyl (C=O) groups excluding carboxylic acids is 2. The number of hydrogen-bond acceptors (Lipinski definition) is 5. The number of nitrogens with one attached hydrogen (secondary N) is 1. The first-order chi connectivity index (χ1) is 22.9. The summed E-state index contributed by atoms with van der Waals surface area (Å²) in [6.07, 6.45) is 0.884. The lowest BCUT2D eigenvalue weighted by Gasteiger charge is -2.34. The van der Waals surface area contributed by atoms with Gasteiger partial charge in [0, 0.05) is 19.0 Å². The van der Waals surface area contributed by atoms with Gasteiger partial charge < -0.3 is 15.0 Å². The monoisotopic (exact) mass is 709 g/mol. The van der Waals surface area contributed by atoms with Crippen LogP contribution in [-0.2, 0) is 32.6 Å². The van der Waals surface area contributed by atoms with E-state index in [0.717, 1.165) is 15.4 Å². The molecule has 8 nitrogen and oxygen atoms in total. The summed E-state index contributed by atoms with van der Waals surface area (Å²) in [6.45, 7) is 7.41. The van der Waals surface area contributed by atoms with Crippen molar-refractivity contribution in [1.82, 2.24) is 10.2 Å². The summed E-state index contributed by atoms with van der Waals surface area (Å²) in [4.78, 5) is 30.1. The van der Waals surface area contributed by atoms with Gasteiger partial charge in [-0.3, -0.25) is 13.9 Å². The number of sulfonamides is 1. The Kier molecular flexibility index (Phi) is 12.9. The molecule has 48 heavy (non-hydrogen) atoms. The van der Waals surface area contributed by atoms with E-state index in [0.29, 0.717) is 34.4 Å². The van der Waals surface area contributed by atoms with Crippen molar-refractivity contribution in [1.29, 1.82) is 0 Å². The summed E-state index contributed by atoms with van der Waals surface area (Å²) < 4.78 is 35.1. The standard InChI is InChI=1S/C37H41Cl2N3O5S/c1-5-27(4)40-37(44)35(23-28-10-8-7-9-11-28)41(24-29-14-21-33(38)34(39)22-29)36(43)25-42(30-15-17-31(18-16-30)47-6-2)48(45,46)32-19-12-26(3)13-20-32/h7-22,27,35H,5-6,23-25H2,1-4H3,(H,40,44)/t27-,35-/m0/s1.